The minimum Gasteiger partial charge on any atom is -0.598 e. The first kappa shape index (κ1) is 21.3. The maximum atomic E-state index is 15.2. The zero-order chi connectivity index (χ0) is 19.9. The molecule has 0 aliphatic carbocycles. The number of hydrogen-bond acceptors (Lipinski definition) is 4. The van der Waals surface area contributed by atoms with Crippen molar-refractivity contribution < 1.29 is 13.7 Å². The molecule has 1 N–H and O–H groups in total. The molecule has 27 heavy (non-hydrogen) atoms. The van der Waals surface area contributed by atoms with E-state index in [0.29, 0.717) is 27.5 Å². The van der Waals surface area contributed by atoms with Crippen LogP contribution in [-0.4, -0.2) is 25.7 Å². The fraction of sp³-hybridized carbons (Fsp3) is 0.611. The standard InChI is InChI=1S/C18H24BrClFN3O2S/c1-10(23-27(25)18(2,3)4)13-16(21)15(20)14(19)11-9-22-24(17(11)13)12-7-5-6-8-26-12/h9-10,12,23H,5-8H2,1-4H3/t10?,12?,27-/m0/s1. The Kier molecular flexibility index (Phi) is 6.45. The molecule has 0 bridgehead atoms. The summed E-state index contributed by atoms with van der Waals surface area (Å²) in [6.45, 7) is 8.03. The number of rotatable bonds is 4. The monoisotopic (exact) mass is 479 g/mol. The van der Waals surface area contributed by atoms with E-state index in [4.69, 9.17) is 16.3 Å². The molecule has 0 amide bonds. The van der Waals surface area contributed by atoms with Gasteiger partial charge in [-0.25, -0.2) is 9.07 Å². The summed E-state index contributed by atoms with van der Waals surface area (Å²) in [4.78, 5) is 0. The van der Waals surface area contributed by atoms with Crippen molar-refractivity contribution in [1.29, 1.82) is 0 Å². The van der Waals surface area contributed by atoms with Crippen molar-refractivity contribution in [3.8, 4) is 0 Å². The lowest BCUT2D eigenvalue weighted by Gasteiger charge is -2.28. The van der Waals surface area contributed by atoms with Gasteiger partial charge >= 0.3 is 0 Å². The number of halogens is 3. The minimum absolute atomic E-state index is 0.00296. The molecule has 1 fully saturated rings. The molecule has 1 aromatic heterocycles. The summed E-state index contributed by atoms with van der Waals surface area (Å²) in [6.07, 6.45) is 4.27. The molecule has 1 aliphatic rings. The number of hydrogen-bond donors (Lipinski definition) is 1. The summed E-state index contributed by atoms with van der Waals surface area (Å²) in [5.74, 6) is -0.542. The number of fused-ring (bicyclic) bond motifs is 1. The molecule has 3 rings (SSSR count). The van der Waals surface area contributed by atoms with Crippen LogP contribution in [0.4, 0.5) is 4.39 Å². The van der Waals surface area contributed by atoms with Crippen LogP contribution in [0.15, 0.2) is 10.7 Å². The van der Waals surface area contributed by atoms with E-state index in [0.717, 1.165) is 19.3 Å². The molecule has 0 saturated carbocycles. The Balaban J connectivity index is 2.13. The van der Waals surface area contributed by atoms with Crippen LogP contribution < -0.4 is 4.72 Å². The molecular weight excluding hydrogens is 457 g/mol. The molecular formula is C18H24BrClFN3O2S. The van der Waals surface area contributed by atoms with Gasteiger partial charge in [0.25, 0.3) is 0 Å². The largest absolute Gasteiger partial charge is 0.598 e. The summed E-state index contributed by atoms with van der Waals surface area (Å²) in [7, 11) is 0. The van der Waals surface area contributed by atoms with Gasteiger partial charge in [-0.2, -0.15) is 5.10 Å². The van der Waals surface area contributed by atoms with Gasteiger partial charge in [0.15, 0.2) is 6.23 Å². The third kappa shape index (κ3) is 4.16. The maximum Gasteiger partial charge on any atom is 0.150 e. The molecule has 1 aromatic carbocycles. The Labute approximate surface area is 175 Å². The van der Waals surface area contributed by atoms with Gasteiger partial charge < -0.3 is 9.29 Å². The quantitative estimate of drug-likeness (QED) is 0.470. The van der Waals surface area contributed by atoms with Crippen LogP contribution >= 0.6 is 27.5 Å². The van der Waals surface area contributed by atoms with E-state index in [1.54, 1.807) is 17.8 Å². The Morgan fingerprint density at radius 1 is 1.48 bits per heavy atom. The van der Waals surface area contributed by atoms with E-state index in [2.05, 4.69) is 25.8 Å². The number of aromatic nitrogens is 2. The van der Waals surface area contributed by atoms with Crippen molar-refractivity contribution in [1.82, 2.24) is 14.5 Å². The zero-order valence-corrected chi connectivity index (χ0v) is 19.0. The topological polar surface area (TPSA) is 62.1 Å². The molecule has 0 radical (unpaired) electrons. The summed E-state index contributed by atoms with van der Waals surface area (Å²) >= 11 is 8.26. The highest BCUT2D eigenvalue weighted by Crippen LogP contribution is 2.41. The van der Waals surface area contributed by atoms with Gasteiger partial charge in [-0.15, -0.1) is 4.72 Å². The molecule has 1 aliphatic heterocycles. The molecule has 9 heteroatoms. The van der Waals surface area contributed by atoms with Crippen LogP contribution in [0.3, 0.4) is 0 Å². The van der Waals surface area contributed by atoms with Crippen molar-refractivity contribution in [3.05, 3.63) is 27.1 Å². The van der Waals surface area contributed by atoms with Gasteiger partial charge in [0.05, 0.1) is 27.3 Å². The van der Waals surface area contributed by atoms with Crippen molar-refractivity contribution >= 4 is 49.8 Å². The predicted molar refractivity (Wildman–Crippen MR) is 111 cm³/mol. The third-order valence-corrected chi connectivity index (χ3v) is 7.70. The second-order valence-corrected chi connectivity index (χ2v) is 10.9. The van der Waals surface area contributed by atoms with Crippen molar-refractivity contribution in [3.63, 3.8) is 0 Å². The van der Waals surface area contributed by atoms with E-state index in [1.807, 2.05) is 20.8 Å². The third-order valence-electron chi connectivity index (χ3n) is 4.61. The zero-order valence-electron chi connectivity index (χ0n) is 15.8. The second-order valence-electron chi connectivity index (χ2n) is 7.75. The Bertz CT molecular complexity index is 836. The maximum absolute atomic E-state index is 15.2. The lowest BCUT2D eigenvalue weighted by molar-refractivity contribution is -0.0367. The van der Waals surface area contributed by atoms with Crippen molar-refractivity contribution in [2.45, 2.75) is 64.0 Å². The first-order valence-corrected chi connectivity index (χ1v) is 11.3. The molecule has 150 valence electrons. The van der Waals surface area contributed by atoms with Crippen LogP contribution in [0.25, 0.3) is 10.9 Å². The molecule has 2 unspecified atom stereocenters. The van der Waals surface area contributed by atoms with Crippen molar-refractivity contribution in [2.24, 2.45) is 0 Å². The second kappa shape index (κ2) is 8.16. The molecule has 3 atom stereocenters. The molecule has 5 nitrogen and oxygen atoms in total. The summed E-state index contributed by atoms with van der Waals surface area (Å²) in [6, 6.07) is -0.530. The average molecular weight is 481 g/mol. The lowest BCUT2D eigenvalue weighted by atomic mass is 10.0. The Morgan fingerprint density at radius 2 is 2.19 bits per heavy atom. The first-order valence-electron chi connectivity index (χ1n) is 8.96. The van der Waals surface area contributed by atoms with Gasteiger partial charge in [0, 0.05) is 28.9 Å². The summed E-state index contributed by atoms with van der Waals surface area (Å²) < 4.78 is 38.4. The smallest absolute Gasteiger partial charge is 0.150 e. The summed E-state index contributed by atoms with van der Waals surface area (Å²) in [5, 5.41) is 5.17. The fourth-order valence-electron chi connectivity index (χ4n) is 3.15. The van der Waals surface area contributed by atoms with Crippen LogP contribution in [0.1, 0.15) is 64.8 Å². The molecule has 2 heterocycles. The number of ether oxygens (including phenoxy) is 1. The molecule has 0 spiro atoms. The minimum atomic E-state index is -1.36. The highest BCUT2D eigenvalue weighted by atomic mass is 79.9. The van der Waals surface area contributed by atoms with Gasteiger partial charge in [0.2, 0.25) is 0 Å². The van der Waals surface area contributed by atoms with Gasteiger partial charge in [-0.05, 0) is 62.9 Å². The molecule has 1 saturated heterocycles. The highest BCUT2D eigenvalue weighted by Gasteiger charge is 2.33. The number of nitrogens with zero attached hydrogens (tertiary/aromatic N) is 2. The van der Waals surface area contributed by atoms with Crippen LogP contribution in [0.2, 0.25) is 5.02 Å². The Hall–Kier alpha value is -0.380. The summed E-state index contributed by atoms with van der Waals surface area (Å²) in [5.41, 5.74) is 0.962. The Morgan fingerprint density at radius 3 is 2.78 bits per heavy atom. The van der Waals surface area contributed by atoms with E-state index < -0.39 is 28.0 Å². The van der Waals surface area contributed by atoms with E-state index >= 15 is 4.39 Å². The van der Waals surface area contributed by atoms with Crippen LogP contribution in [0.5, 0.6) is 0 Å². The normalized spacial score (nSPS) is 20.8. The number of nitrogens with one attached hydrogen (secondary N) is 1. The first-order chi connectivity index (χ1) is 12.6. The van der Waals surface area contributed by atoms with Gasteiger partial charge in [-0.1, -0.05) is 11.6 Å². The van der Waals surface area contributed by atoms with Crippen LogP contribution in [0, 0.1) is 5.82 Å². The average Bonchev–Trinajstić information content (AvgIpc) is 3.04. The predicted octanol–water partition coefficient (Wildman–Crippen LogP) is 5.40. The van der Waals surface area contributed by atoms with E-state index in [1.165, 1.54) is 0 Å². The van der Waals surface area contributed by atoms with Crippen LogP contribution in [-0.2, 0) is 16.1 Å². The number of benzene rings is 1. The fourth-order valence-corrected chi connectivity index (χ4v) is 4.61. The van der Waals surface area contributed by atoms with Gasteiger partial charge in [0.1, 0.15) is 10.6 Å². The highest BCUT2D eigenvalue weighted by molar-refractivity contribution is 9.10. The lowest BCUT2D eigenvalue weighted by Crippen LogP contribution is -2.40. The molecule has 2 aromatic rings. The van der Waals surface area contributed by atoms with Crippen molar-refractivity contribution in [2.75, 3.05) is 6.61 Å². The SMILES string of the molecule is CC(N[S@@+]([O-])C(C)(C)C)c1c(F)c(Cl)c(Br)c2cnn(C3CCCCO3)c12. The van der Waals surface area contributed by atoms with E-state index in [9.17, 15) is 4.55 Å². The van der Waals surface area contributed by atoms with E-state index in [-0.39, 0.29) is 11.3 Å². The van der Waals surface area contributed by atoms with Gasteiger partial charge in [-0.3, -0.25) is 0 Å².